The van der Waals surface area contributed by atoms with Gasteiger partial charge in [-0.2, -0.15) is 0 Å². The third-order valence-electron chi connectivity index (χ3n) is 7.94. The Balaban J connectivity index is 1.35. The molecule has 0 aliphatic carbocycles. The predicted octanol–water partition coefficient (Wildman–Crippen LogP) is 1.85. The van der Waals surface area contributed by atoms with Crippen LogP contribution in [-0.2, 0) is 11.3 Å². The van der Waals surface area contributed by atoms with Crippen LogP contribution in [0.15, 0.2) is 6.33 Å². The molecule has 32 heavy (non-hydrogen) atoms. The number of rotatable bonds is 3. The van der Waals surface area contributed by atoms with Gasteiger partial charge in [-0.15, -0.1) is 0 Å². The van der Waals surface area contributed by atoms with E-state index in [2.05, 4.69) is 25.0 Å². The summed E-state index contributed by atoms with van der Waals surface area (Å²) in [5, 5.41) is 3.48. The molecule has 0 radical (unpaired) electrons. The highest BCUT2D eigenvalue weighted by atomic mass is 16.2. The average Bonchev–Trinajstić information content (AvgIpc) is 3.18. The van der Waals surface area contributed by atoms with Crippen LogP contribution >= 0.6 is 0 Å². The Morgan fingerprint density at radius 2 is 1.62 bits per heavy atom. The number of hydrogen-bond acceptors (Lipinski definition) is 7. The Morgan fingerprint density at radius 1 is 0.844 bits per heavy atom. The van der Waals surface area contributed by atoms with Crippen LogP contribution in [0.2, 0.25) is 0 Å². The number of carbonyl (C=O) groups excluding carboxylic acids is 1. The van der Waals surface area contributed by atoms with E-state index in [1.165, 1.54) is 45.2 Å². The summed E-state index contributed by atoms with van der Waals surface area (Å²) in [5.41, 5.74) is 1.13. The smallest absolute Gasteiger partial charge is 0.242 e. The van der Waals surface area contributed by atoms with Crippen LogP contribution in [0.5, 0.6) is 0 Å². The number of carbonyl (C=O) groups is 1. The molecule has 3 fully saturated rings. The summed E-state index contributed by atoms with van der Waals surface area (Å²) in [6.07, 6.45) is 11.4. The van der Waals surface area contributed by atoms with Crippen LogP contribution in [0.4, 0.5) is 11.6 Å². The van der Waals surface area contributed by atoms with E-state index >= 15 is 0 Å². The number of nitrogens with zero attached hydrogens (tertiary/aromatic N) is 6. The van der Waals surface area contributed by atoms with E-state index in [1.807, 2.05) is 11.9 Å². The van der Waals surface area contributed by atoms with E-state index in [1.54, 1.807) is 6.33 Å². The first-order valence-electron chi connectivity index (χ1n) is 12.7. The maximum atomic E-state index is 13.2. The van der Waals surface area contributed by atoms with Gasteiger partial charge in [-0.25, -0.2) is 9.97 Å². The molecule has 1 atom stereocenters. The van der Waals surface area contributed by atoms with Gasteiger partial charge in [0.15, 0.2) is 0 Å². The average molecular weight is 442 g/mol. The zero-order valence-corrected chi connectivity index (χ0v) is 19.6. The Kier molecular flexibility index (Phi) is 6.78. The summed E-state index contributed by atoms with van der Waals surface area (Å²) < 4.78 is 0. The summed E-state index contributed by atoms with van der Waals surface area (Å²) in [5.74, 6) is 2.19. The monoisotopic (exact) mass is 441 g/mol. The Bertz CT molecular complexity index is 781. The van der Waals surface area contributed by atoms with E-state index in [-0.39, 0.29) is 5.91 Å². The lowest BCUT2D eigenvalue weighted by atomic mass is 9.99. The van der Waals surface area contributed by atoms with E-state index < -0.39 is 0 Å². The van der Waals surface area contributed by atoms with Crippen molar-refractivity contribution < 1.29 is 4.79 Å². The van der Waals surface area contributed by atoms with Gasteiger partial charge in [0.25, 0.3) is 0 Å². The van der Waals surface area contributed by atoms with Crippen molar-refractivity contribution in [2.45, 2.75) is 70.0 Å². The van der Waals surface area contributed by atoms with Gasteiger partial charge in [-0.3, -0.25) is 4.79 Å². The molecule has 1 aromatic rings. The molecule has 1 aromatic heterocycles. The van der Waals surface area contributed by atoms with Gasteiger partial charge in [0.2, 0.25) is 5.91 Å². The fourth-order valence-electron chi connectivity index (χ4n) is 6.14. The van der Waals surface area contributed by atoms with E-state index in [0.29, 0.717) is 25.2 Å². The molecule has 5 rings (SSSR count). The molecule has 3 saturated heterocycles. The van der Waals surface area contributed by atoms with Crippen molar-refractivity contribution in [2.24, 2.45) is 0 Å². The SMILES string of the molecule is CN1CC(=O)N(C2CCCNCC2)Cc2c1ncnc2N1CCC(N2CCCCC2)CC1. The second kappa shape index (κ2) is 9.91. The van der Waals surface area contributed by atoms with Crippen LogP contribution in [0.3, 0.4) is 0 Å². The molecule has 8 nitrogen and oxygen atoms in total. The standard InChI is InChI=1S/C24H39N7O/c1-28-17-22(32)31(20-6-5-10-25-11-7-20)16-21-23(28)26-18-27-24(21)30-14-8-19(9-15-30)29-12-3-2-4-13-29/h18-20,25H,2-17H2,1H3. The molecular weight excluding hydrogens is 402 g/mol. The van der Waals surface area contributed by atoms with Gasteiger partial charge in [0, 0.05) is 32.2 Å². The van der Waals surface area contributed by atoms with Gasteiger partial charge >= 0.3 is 0 Å². The molecule has 5 heterocycles. The lowest BCUT2D eigenvalue weighted by Crippen LogP contribution is -2.47. The first kappa shape index (κ1) is 21.9. The number of aromatic nitrogens is 2. The minimum atomic E-state index is 0.215. The molecule has 0 saturated carbocycles. The highest BCUT2D eigenvalue weighted by Gasteiger charge is 2.34. The van der Waals surface area contributed by atoms with Crippen molar-refractivity contribution in [3.8, 4) is 0 Å². The molecule has 8 heteroatoms. The second-order valence-corrected chi connectivity index (χ2v) is 10.0. The number of likely N-dealkylation sites (N-methyl/N-ethyl adjacent to an activating group) is 1. The molecule has 0 aromatic carbocycles. The van der Waals surface area contributed by atoms with E-state index in [9.17, 15) is 4.79 Å². The first-order chi connectivity index (χ1) is 15.7. The zero-order valence-electron chi connectivity index (χ0n) is 19.6. The van der Waals surface area contributed by atoms with Gasteiger partial charge in [0.05, 0.1) is 18.7 Å². The molecule has 1 N–H and O–H groups in total. The number of amides is 1. The fraction of sp³-hybridized carbons (Fsp3) is 0.792. The van der Waals surface area contributed by atoms with Crippen LogP contribution in [-0.4, -0.2) is 90.6 Å². The predicted molar refractivity (Wildman–Crippen MR) is 127 cm³/mol. The minimum Gasteiger partial charge on any atom is -0.356 e. The fourth-order valence-corrected chi connectivity index (χ4v) is 6.14. The van der Waals surface area contributed by atoms with Crippen LogP contribution < -0.4 is 15.1 Å². The summed E-state index contributed by atoms with van der Waals surface area (Å²) in [6, 6.07) is 1.01. The van der Waals surface area contributed by atoms with Crippen molar-refractivity contribution in [1.29, 1.82) is 0 Å². The number of fused-ring (bicyclic) bond motifs is 1. The lowest BCUT2D eigenvalue weighted by Gasteiger charge is -2.41. The molecule has 1 amide bonds. The largest absolute Gasteiger partial charge is 0.356 e. The first-order valence-corrected chi connectivity index (χ1v) is 12.7. The van der Waals surface area contributed by atoms with Crippen molar-refractivity contribution in [1.82, 2.24) is 25.1 Å². The molecule has 0 bridgehead atoms. The summed E-state index contributed by atoms with van der Waals surface area (Å²) in [4.78, 5) is 31.9. The van der Waals surface area contributed by atoms with Gasteiger partial charge in [-0.1, -0.05) is 6.42 Å². The number of hydrogen-bond donors (Lipinski definition) is 1. The van der Waals surface area contributed by atoms with Gasteiger partial charge < -0.3 is 24.9 Å². The van der Waals surface area contributed by atoms with Crippen LogP contribution in [0, 0.1) is 0 Å². The summed E-state index contributed by atoms with van der Waals surface area (Å²) in [6.45, 7) is 7.67. The van der Waals surface area contributed by atoms with E-state index in [4.69, 9.17) is 4.98 Å². The quantitative estimate of drug-likeness (QED) is 0.768. The number of piperidine rings is 2. The molecule has 4 aliphatic rings. The maximum absolute atomic E-state index is 13.2. The summed E-state index contributed by atoms with van der Waals surface area (Å²) in [7, 11) is 1.99. The lowest BCUT2D eigenvalue weighted by molar-refractivity contribution is -0.132. The number of anilines is 2. The summed E-state index contributed by atoms with van der Waals surface area (Å²) >= 11 is 0. The normalized spacial score (nSPS) is 26.6. The number of likely N-dealkylation sites (tertiary alicyclic amines) is 1. The van der Waals surface area contributed by atoms with Crippen molar-refractivity contribution in [3.05, 3.63) is 11.9 Å². The van der Waals surface area contributed by atoms with Crippen molar-refractivity contribution in [2.75, 3.05) is 62.7 Å². The minimum absolute atomic E-state index is 0.215. The third kappa shape index (κ3) is 4.57. The van der Waals surface area contributed by atoms with Crippen LogP contribution in [0.25, 0.3) is 0 Å². The Morgan fingerprint density at radius 3 is 2.44 bits per heavy atom. The number of nitrogens with one attached hydrogen (secondary N) is 1. The van der Waals surface area contributed by atoms with E-state index in [0.717, 1.165) is 62.6 Å². The highest BCUT2D eigenvalue weighted by molar-refractivity contribution is 5.84. The Hall–Kier alpha value is -1.93. The molecule has 4 aliphatic heterocycles. The van der Waals surface area contributed by atoms with Crippen LogP contribution in [0.1, 0.15) is 56.9 Å². The Labute approximate surface area is 192 Å². The molecule has 0 spiro atoms. The maximum Gasteiger partial charge on any atom is 0.242 e. The molecule has 1 unspecified atom stereocenters. The second-order valence-electron chi connectivity index (χ2n) is 10.0. The van der Waals surface area contributed by atoms with Gasteiger partial charge in [-0.05, 0) is 71.1 Å². The third-order valence-corrected chi connectivity index (χ3v) is 7.94. The molecule has 176 valence electrons. The topological polar surface area (TPSA) is 67.8 Å². The molecular formula is C24H39N7O. The highest BCUT2D eigenvalue weighted by Crippen LogP contribution is 2.33. The zero-order chi connectivity index (χ0) is 21.9. The van der Waals surface area contributed by atoms with Crippen molar-refractivity contribution >= 4 is 17.5 Å². The van der Waals surface area contributed by atoms with Crippen molar-refractivity contribution in [3.63, 3.8) is 0 Å². The van der Waals surface area contributed by atoms with Gasteiger partial charge in [0.1, 0.15) is 18.0 Å².